The third kappa shape index (κ3) is 3.21. The molecule has 2 N–H and O–H groups in total. The first-order valence-corrected chi connectivity index (χ1v) is 6.01. The van der Waals surface area contributed by atoms with Gasteiger partial charge in [0.15, 0.2) is 5.96 Å². The zero-order valence-corrected chi connectivity index (χ0v) is 10.6. The molecule has 0 saturated carbocycles. The largest absolute Gasteiger partial charge is 0.378 e. The summed E-state index contributed by atoms with van der Waals surface area (Å²) in [7, 11) is 0. The highest BCUT2D eigenvalue weighted by atomic mass is 35.5. The lowest BCUT2D eigenvalue weighted by molar-refractivity contribution is 0.0671. The van der Waals surface area contributed by atoms with Crippen LogP contribution in [0.4, 0.5) is 0 Å². The Morgan fingerprint density at radius 3 is 2.50 bits per heavy atom. The summed E-state index contributed by atoms with van der Waals surface area (Å²) < 4.78 is 5.20. The van der Waals surface area contributed by atoms with Crippen LogP contribution < -0.4 is 5.73 Å². The van der Waals surface area contributed by atoms with Crippen molar-refractivity contribution >= 4 is 23.5 Å². The number of nitrogens with two attached hydrogens (primary N) is 1. The van der Waals surface area contributed by atoms with Crippen molar-refractivity contribution in [3.05, 3.63) is 34.9 Å². The first-order chi connectivity index (χ1) is 8.66. The van der Waals surface area contributed by atoms with Gasteiger partial charge >= 0.3 is 0 Å². The number of ether oxygens (including phenoxy) is 1. The minimum Gasteiger partial charge on any atom is -0.378 e. The molecule has 0 aromatic heterocycles. The normalized spacial score (nSPS) is 16.7. The van der Waals surface area contributed by atoms with E-state index in [2.05, 4.69) is 4.99 Å². The zero-order chi connectivity index (χ0) is 13.0. The van der Waals surface area contributed by atoms with Gasteiger partial charge in [0.2, 0.25) is 0 Å². The molecular weight excluding hydrogens is 254 g/mol. The Morgan fingerprint density at radius 2 is 1.89 bits per heavy atom. The Hall–Kier alpha value is -1.59. The summed E-state index contributed by atoms with van der Waals surface area (Å²) in [5.41, 5.74) is 6.26. The molecule has 1 heterocycles. The number of amides is 1. The first kappa shape index (κ1) is 12.9. The van der Waals surface area contributed by atoms with Gasteiger partial charge in [-0.05, 0) is 24.3 Å². The zero-order valence-electron chi connectivity index (χ0n) is 9.80. The second-order valence-corrected chi connectivity index (χ2v) is 4.32. The maximum Gasteiger partial charge on any atom is 0.280 e. The fourth-order valence-electron chi connectivity index (χ4n) is 1.62. The van der Waals surface area contributed by atoms with E-state index in [-0.39, 0.29) is 11.9 Å². The number of hydrogen-bond acceptors (Lipinski definition) is 2. The standard InChI is InChI=1S/C12H14ClN3O2/c13-10-3-1-9(2-4-10)11(17)15-12(14)16-5-7-18-8-6-16/h1-4H,5-8H2,(H2,14,15,17). The molecule has 0 aliphatic carbocycles. The molecule has 1 saturated heterocycles. The van der Waals surface area contributed by atoms with E-state index in [1.165, 1.54) is 0 Å². The van der Waals surface area contributed by atoms with E-state index in [0.717, 1.165) is 0 Å². The van der Waals surface area contributed by atoms with Gasteiger partial charge in [0.05, 0.1) is 13.2 Å². The number of halogens is 1. The van der Waals surface area contributed by atoms with E-state index in [1.807, 2.05) is 4.90 Å². The highest BCUT2D eigenvalue weighted by Gasteiger charge is 2.14. The molecule has 18 heavy (non-hydrogen) atoms. The van der Waals surface area contributed by atoms with Gasteiger partial charge in [-0.25, -0.2) is 0 Å². The molecular formula is C12H14ClN3O2. The van der Waals surface area contributed by atoms with Gasteiger partial charge in [0.25, 0.3) is 5.91 Å². The van der Waals surface area contributed by atoms with Crippen LogP contribution in [0, 0.1) is 0 Å². The van der Waals surface area contributed by atoms with Crippen LogP contribution in [-0.4, -0.2) is 43.1 Å². The smallest absolute Gasteiger partial charge is 0.280 e. The van der Waals surface area contributed by atoms with Gasteiger partial charge in [-0.3, -0.25) is 4.79 Å². The number of rotatable bonds is 1. The lowest BCUT2D eigenvalue weighted by atomic mass is 10.2. The lowest BCUT2D eigenvalue weighted by Crippen LogP contribution is -2.45. The Bertz CT molecular complexity index is 453. The monoisotopic (exact) mass is 267 g/mol. The number of carbonyl (C=O) groups excluding carboxylic acids is 1. The number of nitrogens with zero attached hydrogens (tertiary/aromatic N) is 2. The highest BCUT2D eigenvalue weighted by Crippen LogP contribution is 2.10. The van der Waals surface area contributed by atoms with Crippen LogP contribution in [0.5, 0.6) is 0 Å². The predicted octanol–water partition coefficient (Wildman–Crippen LogP) is 1.13. The molecule has 96 valence electrons. The molecule has 5 nitrogen and oxygen atoms in total. The van der Waals surface area contributed by atoms with Crippen molar-refractivity contribution in [2.24, 2.45) is 10.7 Å². The molecule has 1 aliphatic rings. The second-order valence-electron chi connectivity index (χ2n) is 3.88. The van der Waals surface area contributed by atoms with Crippen molar-refractivity contribution < 1.29 is 9.53 Å². The third-order valence-corrected chi connectivity index (χ3v) is 2.89. The molecule has 0 spiro atoms. The molecule has 0 atom stereocenters. The van der Waals surface area contributed by atoms with Crippen LogP contribution in [-0.2, 0) is 4.74 Å². The van der Waals surface area contributed by atoms with Gasteiger partial charge in [-0.2, -0.15) is 4.99 Å². The molecule has 1 aromatic rings. The number of carbonyl (C=O) groups is 1. The van der Waals surface area contributed by atoms with E-state index < -0.39 is 0 Å². The summed E-state index contributed by atoms with van der Waals surface area (Å²) in [4.78, 5) is 17.6. The van der Waals surface area contributed by atoms with Crippen LogP contribution in [0.2, 0.25) is 5.02 Å². The quantitative estimate of drug-likeness (QED) is 0.612. The summed E-state index contributed by atoms with van der Waals surface area (Å²) in [5.74, 6) is -0.131. The van der Waals surface area contributed by atoms with Crippen LogP contribution in [0.25, 0.3) is 0 Å². The molecule has 0 radical (unpaired) electrons. The van der Waals surface area contributed by atoms with Crippen LogP contribution in [0.1, 0.15) is 10.4 Å². The Balaban J connectivity index is 2.06. The molecule has 0 unspecified atom stereocenters. The molecule has 6 heteroatoms. The summed E-state index contributed by atoms with van der Waals surface area (Å²) in [6.07, 6.45) is 0. The number of morpholine rings is 1. The lowest BCUT2D eigenvalue weighted by Gasteiger charge is -2.27. The third-order valence-electron chi connectivity index (χ3n) is 2.64. The predicted molar refractivity (Wildman–Crippen MR) is 69.8 cm³/mol. The summed E-state index contributed by atoms with van der Waals surface area (Å²) in [6, 6.07) is 6.55. The Labute approximate surface area is 110 Å². The maximum absolute atomic E-state index is 11.8. The number of hydrogen-bond donors (Lipinski definition) is 1. The van der Waals surface area contributed by atoms with Crippen LogP contribution >= 0.6 is 11.6 Å². The van der Waals surface area contributed by atoms with Crippen molar-refractivity contribution in [2.75, 3.05) is 26.3 Å². The van der Waals surface area contributed by atoms with Gasteiger partial charge in [0.1, 0.15) is 0 Å². The second kappa shape index (κ2) is 5.84. The number of aliphatic imine (C=N–C) groups is 1. The topological polar surface area (TPSA) is 67.9 Å². The minimum atomic E-state index is -0.365. The first-order valence-electron chi connectivity index (χ1n) is 5.63. The summed E-state index contributed by atoms with van der Waals surface area (Å²) >= 11 is 5.75. The van der Waals surface area contributed by atoms with Crippen LogP contribution in [0.3, 0.4) is 0 Å². The Morgan fingerprint density at radius 1 is 1.28 bits per heavy atom. The molecule has 1 fully saturated rings. The van der Waals surface area contributed by atoms with E-state index >= 15 is 0 Å². The highest BCUT2D eigenvalue weighted by molar-refractivity contribution is 6.30. The fraction of sp³-hybridized carbons (Fsp3) is 0.333. The molecule has 1 aliphatic heterocycles. The van der Waals surface area contributed by atoms with Gasteiger partial charge in [0, 0.05) is 23.7 Å². The average Bonchev–Trinajstić information content (AvgIpc) is 2.40. The molecule has 1 amide bonds. The average molecular weight is 268 g/mol. The Kier molecular flexibility index (Phi) is 4.17. The van der Waals surface area contributed by atoms with Crippen molar-refractivity contribution in [1.82, 2.24) is 4.90 Å². The van der Waals surface area contributed by atoms with E-state index in [0.29, 0.717) is 36.9 Å². The van der Waals surface area contributed by atoms with Gasteiger partial charge < -0.3 is 15.4 Å². The molecule has 0 bridgehead atoms. The fourth-order valence-corrected chi connectivity index (χ4v) is 1.75. The van der Waals surface area contributed by atoms with Crippen molar-refractivity contribution in [1.29, 1.82) is 0 Å². The number of guanidine groups is 1. The van der Waals surface area contributed by atoms with E-state index in [9.17, 15) is 4.79 Å². The van der Waals surface area contributed by atoms with Crippen LogP contribution in [0.15, 0.2) is 29.3 Å². The SMILES string of the molecule is NC(=NC(=O)c1ccc(Cl)cc1)N1CCOCC1. The van der Waals surface area contributed by atoms with Gasteiger partial charge in [-0.1, -0.05) is 11.6 Å². The molecule has 1 aromatic carbocycles. The van der Waals surface area contributed by atoms with Crippen molar-refractivity contribution in [3.63, 3.8) is 0 Å². The number of benzene rings is 1. The van der Waals surface area contributed by atoms with E-state index in [4.69, 9.17) is 22.1 Å². The summed E-state index contributed by atoms with van der Waals surface area (Å²) in [6.45, 7) is 2.52. The maximum atomic E-state index is 11.8. The van der Waals surface area contributed by atoms with Gasteiger partial charge in [-0.15, -0.1) is 0 Å². The van der Waals surface area contributed by atoms with Crippen molar-refractivity contribution in [2.45, 2.75) is 0 Å². The van der Waals surface area contributed by atoms with Crippen molar-refractivity contribution in [3.8, 4) is 0 Å². The summed E-state index contributed by atoms with van der Waals surface area (Å²) in [5, 5.41) is 0.580. The van der Waals surface area contributed by atoms with E-state index in [1.54, 1.807) is 24.3 Å². The molecule has 2 rings (SSSR count). The minimum absolute atomic E-state index is 0.234.